The molecule has 0 aromatic carbocycles. The number of halogens is 3. The van der Waals surface area contributed by atoms with Crippen molar-refractivity contribution in [1.29, 1.82) is 0 Å². The maximum Gasteiger partial charge on any atom is 0.333 e. The molecule has 0 saturated carbocycles. The van der Waals surface area contributed by atoms with Gasteiger partial charge < -0.3 is 10.2 Å². The molecule has 0 aliphatic carbocycles. The van der Waals surface area contributed by atoms with Gasteiger partial charge in [-0.05, 0) is 45.7 Å². The molecule has 138 valence electrons. The first-order valence-electron chi connectivity index (χ1n) is 8.25. The minimum absolute atomic E-state index is 0. The average Bonchev–Trinajstić information content (AvgIpc) is 2.81. The molecular weight excluding hydrogens is 338 g/mol. The third-order valence-corrected chi connectivity index (χ3v) is 4.64. The summed E-state index contributed by atoms with van der Waals surface area (Å²) in [7, 11) is 0. The van der Waals surface area contributed by atoms with Gasteiger partial charge in [0.05, 0.1) is 12.1 Å². The van der Waals surface area contributed by atoms with E-state index in [0.29, 0.717) is 27.6 Å². The summed E-state index contributed by atoms with van der Waals surface area (Å²) < 4.78 is 26.4. The van der Waals surface area contributed by atoms with E-state index < -0.39 is 6.55 Å². The molecule has 2 rings (SSSR count). The Kier molecular flexibility index (Phi) is 8.09. The van der Waals surface area contributed by atoms with Gasteiger partial charge in [0.25, 0.3) is 0 Å². The zero-order chi connectivity index (χ0) is 17.0. The first kappa shape index (κ1) is 20.8. The predicted octanol–water partition coefficient (Wildman–Crippen LogP) is 2.71. The average molecular weight is 365 g/mol. The van der Waals surface area contributed by atoms with Crippen LogP contribution in [0.25, 0.3) is 0 Å². The fraction of sp³-hybridized carbons (Fsp3) is 0.750. The van der Waals surface area contributed by atoms with Gasteiger partial charge in [0, 0.05) is 24.3 Å². The van der Waals surface area contributed by atoms with Crippen molar-refractivity contribution in [2.75, 3.05) is 26.2 Å². The minimum Gasteiger partial charge on any atom is -0.342 e. The van der Waals surface area contributed by atoms with Gasteiger partial charge in [0.1, 0.15) is 0 Å². The van der Waals surface area contributed by atoms with Gasteiger partial charge in [-0.1, -0.05) is 6.92 Å². The Morgan fingerprint density at radius 2 is 1.96 bits per heavy atom. The van der Waals surface area contributed by atoms with E-state index in [0.717, 1.165) is 39.0 Å². The third-order valence-electron chi connectivity index (χ3n) is 4.64. The molecule has 1 aromatic heterocycles. The molecule has 1 aliphatic rings. The molecule has 5 nitrogen and oxygen atoms in total. The summed E-state index contributed by atoms with van der Waals surface area (Å²) in [6.45, 7) is 6.15. The quantitative estimate of drug-likeness (QED) is 0.844. The largest absolute Gasteiger partial charge is 0.342 e. The molecule has 1 amide bonds. The van der Waals surface area contributed by atoms with Crippen molar-refractivity contribution in [3.05, 3.63) is 17.0 Å². The minimum atomic E-state index is -2.67. The number of aryl methyl sites for hydroxylation is 1. The Labute approximate surface area is 148 Å². The van der Waals surface area contributed by atoms with E-state index >= 15 is 0 Å². The van der Waals surface area contributed by atoms with Gasteiger partial charge in [-0.25, -0.2) is 4.68 Å². The summed E-state index contributed by atoms with van der Waals surface area (Å²) in [6, 6.07) is 0. The summed E-state index contributed by atoms with van der Waals surface area (Å²) in [5, 5.41) is 7.19. The summed E-state index contributed by atoms with van der Waals surface area (Å²) in [5.74, 6) is 0.621. The standard InChI is InChI=1S/C16H26F2N4O.ClH/c1-4-19-10-13-5-7-21(8-6-13)15(23)9-14-11(2)20-22(12(14)3)16(17)18;/h13,16,19H,4-10H2,1-3H3;1H. The van der Waals surface area contributed by atoms with Gasteiger partial charge in [-0.3, -0.25) is 4.79 Å². The number of aromatic nitrogens is 2. The van der Waals surface area contributed by atoms with Crippen LogP contribution in [-0.4, -0.2) is 46.8 Å². The predicted molar refractivity (Wildman–Crippen MR) is 91.8 cm³/mol. The van der Waals surface area contributed by atoms with Crippen LogP contribution in [-0.2, 0) is 11.2 Å². The summed E-state index contributed by atoms with van der Waals surface area (Å²) in [5.41, 5.74) is 1.52. The van der Waals surface area contributed by atoms with Crippen molar-refractivity contribution >= 4 is 18.3 Å². The van der Waals surface area contributed by atoms with Gasteiger partial charge in [0.15, 0.2) is 0 Å². The first-order chi connectivity index (χ1) is 10.9. The van der Waals surface area contributed by atoms with E-state index in [1.807, 2.05) is 4.90 Å². The van der Waals surface area contributed by atoms with Crippen molar-refractivity contribution in [2.45, 2.75) is 46.6 Å². The number of likely N-dealkylation sites (tertiary alicyclic amines) is 1. The van der Waals surface area contributed by atoms with Crippen molar-refractivity contribution in [3.63, 3.8) is 0 Å². The molecule has 1 aromatic rings. The molecule has 1 aliphatic heterocycles. The molecule has 0 radical (unpaired) electrons. The Morgan fingerprint density at radius 3 is 2.46 bits per heavy atom. The van der Waals surface area contributed by atoms with Crippen LogP contribution in [0.4, 0.5) is 8.78 Å². The van der Waals surface area contributed by atoms with Crippen molar-refractivity contribution in [2.24, 2.45) is 5.92 Å². The van der Waals surface area contributed by atoms with Crippen molar-refractivity contribution in [3.8, 4) is 0 Å². The van der Waals surface area contributed by atoms with Crippen LogP contribution in [0.3, 0.4) is 0 Å². The lowest BCUT2D eigenvalue weighted by Gasteiger charge is -2.32. The number of nitrogens with zero attached hydrogens (tertiary/aromatic N) is 3. The number of alkyl halides is 2. The van der Waals surface area contributed by atoms with Gasteiger partial charge >= 0.3 is 6.55 Å². The van der Waals surface area contributed by atoms with Gasteiger partial charge in [-0.2, -0.15) is 13.9 Å². The number of piperidine rings is 1. The van der Waals surface area contributed by atoms with E-state index in [1.54, 1.807) is 13.8 Å². The van der Waals surface area contributed by atoms with Crippen LogP contribution in [0.1, 0.15) is 43.3 Å². The van der Waals surface area contributed by atoms with Crippen LogP contribution in [0.2, 0.25) is 0 Å². The zero-order valence-electron chi connectivity index (χ0n) is 14.5. The highest BCUT2D eigenvalue weighted by atomic mass is 35.5. The monoisotopic (exact) mass is 364 g/mol. The summed E-state index contributed by atoms with van der Waals surface area (Å²) in [4.78, 5) is 14.3. The molecule has 0 unspecified atom stereocenters. The number of rotatable bonds is 6. The van der Waals surface area contributed by atoms with Crippen molar-refractivity contribution in [1.82, 2.24) is 20.0 Å². The second-order valence-electron chi connectivity index (χ2n) is 6.18. The highest BCUT2D eigenvalue weighted by Crippen LogP contribution is 2.22. The normalized spacial score (nSPS) is 15.7. The lowest BCUT2D eigenvalue weighted by Crippen LogP contribution is -2.41. The number of hydrogen-bond acceptors (Lipinski definition) is 3. The molecule has 1 fully saturated rings. The van der Waals surface area contributed by atoms with Crippen LogP contribution in [0.15, 0.2) is 0 Å². The van der Waals surface area contributed by atoms with Crippen LogP contribution >= 0.6 is 12.4 Å². The summed E-state index contributed by atoms with van der Waals surface area (Å²) >= 11 is 0. The van der Waals surface area contributed by atoms with Gasteiger partial charge in [0.2, 0.25) is 5.91 Å². The van der Waals surface area contributed by atoms with Crippen LogP contribution in [0, 0.1) is 19.8 Å². The number of hydrogen-bond donors (Lipinski definition) is 1. The van der Waals surface area contributed by atoms with E-state index in [9.17, 15) is 13.6 Å². The molecular formula is C16H27ClF2N4O. The lowest BCUT2D eigenvalue weighted by molar-refractivity contribution is -0.131. The molecule has 8 heteroatoms. The Bertz CT molecular complexity index is 542. The Hall–Kier alpha value is -1.21. The fourth-order valence-corrected chi connectivity index (χ4v) is 3.14. The number of amides is 1. The zero-order valence-corrected chi connectivity index (χ0v) is 15.3. The highest BCUT2D eigenvalue weighted by molar-refractivity contribution is 5.85. The van der Waals surface area contributed by atoms with Crippen LogP contribution < -0.4 is 5.32 Å². The SMILES string of the molecule is CCNCC1CCN(C(=O)Cc2c(C)nn(C(F)F)c2C)CC1.Cl. The molecule has 24 heavy (non-hydrogen) atoms. The first-order valence-corrected chi connectivity index (χ1v) is 8.25. The molecule has 0 spiro atoms. The second-order valence-corrected chi connectivity index (χ2v) is 6.18. The Morgan fingerprint density at radius 1 is 1.33 bits per heavy atom. The number of carbonyl (C=O) groups excluding carboxylic acids is 1. The molecule has 2 heterocycles. The third kappa shape index (κ3) is 4.89. The maximum absolute atomic E-state index is 12.9. The second kappa shape index (κ2) is 9.32. The van der Waals surface area contributed by atoms with E-state index in [-0.39, 0.29) is 24.7 Å². The van der Waals surface area contributed by atoms with E-state index in [1.165, 1.54) is 0 Å². The van der Waals surface area contributed by atoms with E-state index in [2.05, 4.69) is 17.3 Å². The van der Waals surface area contributed by atoms with Gasteiger partial charge in [-0.15, -0.1) is 12.4 Å². The fourth-order valence-electron chi connectivity index (χ4n) is 3.14. The van der Waals surface area contributed by atoms with Crippen molar-refractivity contribution < 1.29 is 13.6 Å². The maximum atomic E-state index is 12.9. The molecule has 0 bridgehead atoms. The smallest absolute Gasteiger partial charge is 0.333 e. The number of carbonyl (C=O) groups is 1. The van der Waals surface area contributed by atoms with E-state index in [4.69, 9.17) is 0 Å². The molecule has 0 atom stereocenters. The summed E-state index contributed by atoms with van der Waals surface area (Å²) in [6.07, 6.45) is 2.14. The lowest BCUT2D eigenvalue weighted by atomic mass is 9.96. The number of nitrogens with one attached hydrogen (secondary N) is 1. The molecule has 1 N–H and O–H groups in total. The van der Waals surface area contributed by atoms with Crippen LogP contribution in [0.5, 0.6) is 0 Å². The highest BCUT2D eigenvalue weighted by Gasteiger charge is 2.25. The topological polar surface area (TPSA) is 50.2 Å². The Balaban J connectivity index is 0.00000288. The molecule has 1 saturated heterocycles.